The summed E-state index contributed by atoms with van der Waals surface area (Å²) in [7, 11) is 0. The Balaban J connectivity index is 1.87. The lowest BCUT2D eigenvalue weighted by Gasteiger charge is -2.19. The van der Waals surface area contributed by atoms with E-state index in [9.17, 15) is 8.78 Å². The highest BCUT2D eigenvalue weighted by Gasteiger charge is 2.19. The first-order valence-electron chi connectivity index (χ1n) is 6.15. The minimum absolute atomic E-state index is 0.436. The molecule has 1 heterocycles. The van der Waals surface area contributed by atoms with Crippen molar-refractivity contribution in [2.24, 2.45) is 0 Å². The molecule has 19 heavy (non-hydrogen) atoms. The van der Waals surface area contributed by atoms with Crippen LogP contribution in [0.15, 0.2) is 36.4 Å². The van der Waals surface area contributed by atoms with Gasteiger partial charge in [0.1, 0.15) is 0 Å². The smallest absolute Gasteiger partial charge is 0.187 e. The van der Waals surface area contributed by atoms with Crippen LogP contribution >= 0.6 is 0 Å². The molecular formula is C15H13F2NO. The number of rotatable bonds is 2. The summed E-state index contributed by atoms with van der Waals surface area (Å²) in [6.07, 6.45) is 0.944. The quantitative estimate of drug-likeness (QED) is 0.897. The van der Waals surface area contributed by atoms with E-state index in [1.807, 2.05) is 18.2 Å². The maximum absolute atomic E-state index is 13.3. The van der Waals surface area contributed by atoms with Crippen LogP contribution in [0.2, 0.25) is 0 Å². The van der Waals surface area contributed by atoms with Crippen LogP contribution in [0.4, 0.5) is 14.5 Å². The topological polar surface area (TPSA) is 23.5 Å². The molecule has 0 unspecified atom stereocenters. The molecule has 0 bridgehead atoms. The maximum Gasteiger partial charge on any atom is 0.187 e. The first-order valence-corrected chi connectivity index (χ1v) is 6.15. The molecule has 3 rings (SSSR count). The summed E-state index contributed by atoms with van der Waals surface area (Å²) in [4.78, 5) is 2.08. The number of phenolic OH excluding ortho intramolecular Hbond substituents is 1. The van der Waals surface area contributed by atoms with Gasteiger partial charge in [-0.1, -0.05) is 18.2 Å². The van der Waals surface area contributed by atoms with Crippen LogP contribution in [0.5, 0.6) is 5.75 Å². The lowest BCUT2D eigenvalue weighted by Crippen LogP contribution is -2.19. The summed E-state index contributed by atoms with van der Waals surface area (Å²) in [5.41, 5.74) is 2.88. The molecule has 0 radical (unpaired) electrons. The number of para-hydroxylation sites is 1. The van der Waals surface area contributed by atoms with Crippen molar-refractivity contribution in [3.05, 3.63) is 59.2 Å². The summed E-state index contributed by atoms with van der Waals surface area (Å²) < 4.78 is 26.6. The first kappa shape index (κ1) is 12.0. The Hall–Kier alpha value is -2.10. The highest BCUT2D eigenvalue weighted by molar-refractivity contribution is 5.58. The predicted octanol–water partition coefficient (Wildman–Crippen LogP) is 3.23. The van der Waals surface area contributed by atoms with Crippen LogP contribution in [0.25, 0.3) is 0 Å². The second-order valence-corrected chi connectivity index (χ2v) is 4.71. The van der Waals surface area contributed by atoms with Gasteiger partial charge in [0.2, 0.25) is 0 Å². The van der Waals surface area contributed by atoms with E-state index in [0.717, 1.165) is 18.7 Å². The molecule has 0 saturated carbocycles. The van der Waals surface area contributed by atoms with E-state index in [1.165, 1.54) is 17.7 Å². The number of hydrogen-bond donors (Lipinski definition) is 1. The molecule has 0 saturated heterocycles. The predicted molar refractivity (Wildman–Crippen MR) is 69.2 cm³/mol. The number of benzene rings is 2. The first-order chi connectivity index (χ1) is 9.15. The number of nitrogens with zero attached hydrogens (tertiary/aromatic N) is 1. The number of fused-ring (bicyclic) bond motifs is 1. The summed E-state index contributed by atoms with van der Waals surface area (Å²) in [5, 5.41) is 9.09. The van der Waals surface area contributed by atoms with Crippen molar-refractivity contribution in [3.8, 4) is 5.75 Å². The molecule has 4 heteroatoms. The highest BCUT2D eigenvalue weighted by Crippen LogP contribution is 2.30. The Morgan fingerprint density at radius 2 is 1.79 bits per heavy atom. The van der Waals surface area contributed by atoms with Gasteiger partial charge in [-0.05, 0) is 35.7 Å². The molecular weight excluding hydrogens is 248 g/mol. The third-order valence-corrected chi connectivity index (χ3v) is 3.43. The van der Waals surface area contributed by atoms with Crippen LogP contribution in [0.1, 0.15) is 11.1 Å². The van der Waals surface area contributed by atoms with Gasteiger partial charge in [0, 0.05) is 18.8 Å². The highest BCUT2D eigenvalue weighted by atomic mass is 19.1. The Morgan fingerprint density at radius 1 is 1.11 bits per heavy atom. The van der Waals surface area contributed by atoms with Gasteiger partial charge in [-0.15, -0.1) is 0 Å². The minimum atomic E-state index is -0.914. The average Bonchev–Trinajstić information content (AvgIpc) is 2.79. The molecule has 1 aliphatic heterocycles. The lowest BCUT2D eigenvalue weighted by molar-refractivity contribution is 0.395. The second kappa shape index (κ2) is 4.53. The summed E-state index contributed by atoms with van der Waals surface area (Å²) in [6.45, 7) is 1.27. The fraction of sp³-hybridized carbons (Fsp3) is 0.200. The Bertz CT molecular complexity index is 604. The van der Waals surface area contributed by atoms with E-state index in [-0.39, 0.29) is 0 Å². The van der Waals surface area contributed by atoms with Crippen molar-refractivity contribution in [1.29, 1.82) is 0 Å². The van der Waals surface area contributed by atoms with E-state index in [0.29, 0.717) is 12.1 Å². The molecule has 0 amide bonds. The van der Waals surface area contributed by atoms with Crippen molar-refractivity contribution >= 4 is 5.69 Å². The fourth-order valence-corrected chi connectivity index (χ4v) is 2.50. The van der Waals surface area contributed by atoms with E-state index in [2.05, 4.69) is 11.0 Å². The number of hydrogen-bond acceptors (Lipinski definition) is 2. The Kier molecular flexibility index (Phi) is 2.85. The van der Waals surface area contributed by atoms with Gasteiger partial charge in [-0.3, -0.25) is 0 Å². The number of halogens is 2. The van der Waals surface area contributed by atoms with Crippen molar-refractivity contribution in [2.75, 3.05) is 11.4 Å². The van der Waals surface area contributed by atoms with Crippen molar-refractivity contribution in [3.63, 3.8) is 0 Å². The number of anilines is 1. The zero-order valence-electron chi connectivity index (χ0n) is 10.2. The minimum Gasteiger partial charge on any atom is -0.503 e. The van der Waals surface area contributed by atoms with E-state index < -0.39 is 17.4 Å². The molecule has 98 valence electrons. The molecule has 0 fully saturated rings. The molecule has 2 aromatic rings. The summed E-state index contributed by atoms with van der Waals surface area (Å²) in [6, 6.07) is 10.4. The van der Waals surface area contributed by atoms with Crippen molar-refractivity contribution in [1.82, 2.24) is 0 Å². The van der Waals surface area contributed by atoms with E-state index >= 15 is 0 Å². The number of aromatic hydroxyl groups is 1. The zero-order valence-corrected chi connectivity index (χ0v) is 10.2. The zero-order chi connectivity index (χ0) is 13.4. The molecule has 1 N–H and O–H groups in total. The lowest BCUT2D eigenvalue weighted by atomic mass is 10.1. The molecule has 1 aliphatic rings. The largest absolute Gasteiger partial charge is 0.503 e. The van der Waals surface area contributed by atoms with Crippen LogP contribution in [-0.4, -0.2) is 11.7 Å². The van der Waals surface area contributed by atoms with Gasteiger partial charge < -0.3 is 10.0 Å². The second-order valence-electron chi connectivity index (χ2n) is 4.71. The third-order valence-electron chi connectivity index (χ3n) is 3.43. The third kappa shape index (κ3) is 2.14. The average molecular weight is 261 g/mol. The van der Waals surface area contributed by atoms with Crippen LogP contribution < -0.4 is 4.90 Å². The standard InChI is InChI=1S/C15H13F2NO/c16-12-7-10(8-13(17)15(12)19)9-18-6-5-11-3-1-2-4-14(11)18/h1-4,7-8,19H,5-6,9H2. The molecule has 0 atom stereocenters. The van der Waals surface area contributed by atoms with Crippen LogP contribution in [0.3, 0.4) is 0 Å². The van der Waals surface area contributed by atoms with Gasteiger partial charge in [-0.2, -0.15) is 0 Å². The van der Waals surface area contributed by atoms with Crippen LogP contribution in [0, 0.1) is 11.6 Å². The molecule has 2 aromatic carbocycles. The van der Waals surface area contributed by atoms with E-state index in [4.69, 9.17) is 5.11 Å². The molecule has 0 spiro atoms. The van der Waals surface area contributed by atoms with Crippen LogP contribution in [-0.2, 0) is 13.0 Å². The van der Waals surface area contributed by atoms with Crippen molar-refractivity contribution < 1.29 is 13.9 Å². The normalized spacial score (nSPS) is 13.7. The van der Waals surface area contributed by atoms with Gasteiger partial charge >= 0.3 is 0 Å². The van der Waals surface area contributed by atoms with Gasteiger partial charge in [0.15, 0.2) is 17.4 Å². The summed E-state index contributed by atoms with van der Waals surface area (Å²) >= 11 is 0. The molecule has 0 aliphatic carbocycles. The maximum atomic E-state index is 13.3. The Labute approximate surface area is 109 Å². The number of phenols is 1. The van der Waals surface area contributed by atoms with Gasteiger partial charge in [-0.25, -0.2) is 8.78 Å². The van der Waals surface area contributed by atoms with Gasteiger partial charge in [0.25, 0.3) is 0 Å². The van der Waals surface area contributed by atoms with Crippen molar-refractivity contribution in [2.45, 2.75) is 13.0 Å². The summed E-state index contributed by atoms with van der Waals surface area (Å²) in [5.74, 6) is -2.74. The molecule has 0 aromatic heterocycles. The SMILES string of the molecule is Oc1c(F)cc(CN2CCc3ccccc32)cc1F. The fourth-order valence-electron chi connectivity index (χ4n) is 2.50. The monoisotopic (exact) mass is 261 g/mol. The Morgan fingerprint density at radius 3 is 2.53 bits per heavy atom. The molecule has 2 nitrogen and oxygen atoms in total. The van der Waals surface area contributed by atoms with Gasteiger partial charge in [0.05, 0.1) is 0 Å². The van der Waals surface area contributed by atoms with E-state index in [1.54, 1.807) is 0 Å².